The fourth-order valence-corrected chi connectivity index (χ4v) is 2.76. The van der Waals surface area contributed by atoms with Gasteiger partial charge < -0.3 is 19.5 Å². The van der Waals surface area contributed by atoms with E-state index in [1.54, 1.807) is 0 Å². The van der Waals surface area contributed by atoms with Gasteiger partial charge in [-0.05, 0) is 18.8 Å². The van der Waals surface area contributed by atoms with Gasteiger partial charge in [0.15, 0.2) is 12.1 Å². The topological polar surface area (TPSA) is 73.9 Å². The lowest BCUT2D eigenvalue weighted by Crippen LogP contribution is -2.49. The first-order chi connectivity index (χ1) is 9.29. The SMILES string of the molecule is CC(=O)C(NC(=O)OC1COC2OCCC12)C(C)(C)C. The molecule has 0 aliphatic carbocycles. The van der Waals surface area contributed by atoms with Crippen LogP contribution in [0.5, 0.6) is 0 Å². The molecule has 20 heavy (non-hydrogen) atoms. The Morgan fingerprint density at radius 1 is 1.30 bits per heavy atom. The second-order valence-electron chi connectivity index (χ2n) is 6.52. The third-order valence-corrected chi connectivity index (χ3v) is 3.78. The number of carbonyl (C=O) groups is 2. The molecule has 0 aromatic heterocycles. The van der Waals surface area contributed by atoms with E-state index in [0.29, 0.717) is 13.2 Å². The summed E-state index contributed by atoms with van der Waals surface area (Å²) in [6.45, 7) is 8.16. The van der Waals surface area contributed by atoms with Crippen molar-refractivity contribution in [3.05, 3.63) is 0 Å². The van der Waals surface area contributed by atoms with Crippen molar-refractivity contribution in [3.8, 4) is 0 Å². The highest BCUT2D eigenvalue weighted by molar-refractivity contribution is 5.86. The van der Waals surface area contributed by atoms with E-state index in [1.165, 1.54) is 6.92 Å². The van der Waals surface area contributed by atoms with Crippen molar-refractivity contribution >= 4 is 11.9 Å². The van der Waals surface area contributed by atoms with E-state index < -0.39 is 12.1 Å². The number of hydrogen-bond acceptors (Lipinski definition) is 5. The molecule has 0 saturated carbocycles. The maximum Gasteiger partial charge on any atom is 0.408 e. The van der Waals surface area contributed by atoms with Gasteiger partial charge in [-0.3, -0.25) is 4.79 Å². The maximum absolute atomic E-state index is 12.0. The largest absolute Gasteiger partial charge is 0.443 e. The van der Waals surface area contributed by atoms with Gasteiger partial charge in [0.25, 0.3) is 0 Å². The normalized spacial score (nSPS) is 30.7. The number of alkyl carbamates (subject to hydrolysis) is 1. The van der Waals surface area contributed by atoms with Crippen LogP contribution in [-0.2, 0) is 19.0 Å². The van der Waals surface area contributed by atoms with Crippen LogP contribution in [-0.4, -0.2) is 43.5 Å². The summed E-state index contributed by atoms with van der Waals surface area (Å²) < 4.78 is 16.2. The Morgan fingerprint density at radius 2 is 2.00 bits per heavy atom. The smallest absolute Gasteiger partial charge is 0.408 e. The third kappa shape index (κ3) is 3.30. The molecule has 2 saturated heterocycles. The van der Waals surface area contributed by atoms with Crippen molar-refractivity contribution < 1.29 is 23.8 Å². The summed E-state index contributed by atoms with van der Waals surface area (Å²) in [7, 11) is 0. The van der Waals surface area contributed by atoms with E-state index in [1.807, 2.05) is 20.8 Å². The Morgan fingerprint density at radius 3 is 2.60 bits per heavy atom. The van der Waals surface area contributed by atoms with Crippen molar-refractivity contribution in [2.45, 2.75) is 52.6 Å². The molecule has 0 spiro atoms. The zero-order valence-electron chi connectivity index (χ0n) is 12.5. The number of ketones is 1. The van der Waals surface area contributed by atoms with Crippen molar-refractivity contribution in [3.63, 3.8) is 0 Å². The fourth-order valence-electron chi connectivity index (χ4n) is 2.76. The average molecular weight is 285 g/mol. The first-order valence-electron chi connectivity index (χ1n) is 7.00. The van der Waals surface area contributed by atoms with Crippen LogP contribution in [0.15, 0.2) is 0 Å². The summed E-state index contributed by atoms with van der Waals surface area (Å²) in [6, 6.07) is -0.562. The lowest BCUT2D eigenvalue weighted by molar-refractivity contribution is -0.121. The summed E-state index contributed by atoms with van der Waals surface area (Å²) in [4.78, 5) is 23.6. The summed E-state index contributed by atoms with van der Waals surface area (Å²) in [6.07, 6.45) is -0.284. The lowest BCUT2D eigenvalue weighted by Gasteiger charge is -2.29. The van der Waals surface area contributed by atoms with Gasteiger partial charge in [-0.1, -0.05) is 20.8 Å². The third-order valence-electron chi connectivity index (χ3n) is 3.78. The molecule has 2 aliphatic heterocycles. The van der Waals surface area contributed by atoms with Gasteiger partial charge >= 0.3 is 6.09 Å². The minimum Gasteiger partial charge on any atom is -0.443 e. The Hall–Kier alpha value is -1.14. The van der Waals surface area contributed by atoms with E-state index in [-0.39, 0.29) is 29.5 Å². The summed E-state index contributed by atoms with van der Waals surface area (Å²) in [5.41, 5.74) is -0.351. The van der Waals surface area contributed by atoms with Crippen LogP contribution in [0.4, 0.5) is 4.79 Å². The van der Waals surface area contributed by atoms with Crippen LogP contribution in [0.1, 0.15) is 34.1 Å². The second-order valence-corrected chi connectivity index (χ2v) is 6.52. The van der Waals surface area contributed by atoms with Gasteiger partial charge in [0.2, 0.25) is 0 Å². The van der Waals surface area contributed by atoms with Gasteiger partial charge in [0, 0.05) is 0 Å². The van der Waals surface area contributed by atoms with Crippen LogP contribution >= 0.6 is 0 Å². The summed E-state index contributed by atoms with van der Waals surface area (Å²) >= 11 is 0. The van der Waals surface area contributed by atoms with E-state index >= 15 is 0 Å². The Balaban J connectivity index is 1.90. The Kier molecular flexibility index (Phi) is 4.34. The zero-order chi connectivity index (χ0) is 14.9. The van der Waals surface area contributed by atoms with E-state index in [9.17, 15) is 9.59 Å². The molecule has 0 aromatic rings. The molecule has 114 valence electrons. The number of amides is 1. The minimum atomic E-state index is -0.568. The number of fused-ring (bicyclic) bond motifs is 1. The maximum atomic E-state index is 12.0. The van der Waals surface area contributed by atoms with Crippen molar-refractivity contribution in [1.29, 1.82) is 0 Å². The second kappa shape index (κ2) is 5.69. The van der Waals surface area contributed by atoms with Crippen LogP contribution in [0.25, 0.3) is 0 Å². The molecular weight excluding hydrogens is 262 g/mol. The molecule has 2 rings (SSSR count). The number of hydrogen-bond donors (Lipinski definition) is 1. The number of nitrogens with one attached hydrogen (secondary N) is 1. The fraction of sp³-hybridized carbons (Fsp3) is 0.857. The molecule has 2 aliphatic rings. The predicted molar refractivity (Wildman–Crippen MR) is 71.1 cm³/mol. The molecule has 6 heteroatoms. The molecule has 2 fully saturated rings. The first-order valence-corrected chi connectivity index (χ1v) is 7.00. The summed E-state index contributed by atoms with van der Waals surface area (Å²) in [5, 5.41) is 2.66. The molecule has 1 amide bonds. The van der Waals surface area contributed by atoms with Crippen molar-refractivity contribution in [2.24, 2.45) is 11.3 Å². The summed E-state index contributed by atoms with van der Waals surface area (Å²) in [5.74, 6) is 0.0189. The molecule has 2 heterocycles. The molecule has 6 nitrogen and oxygen atoms in total. The standard InChI is InChI=1S/C14H23NO5/c1-8(16)11(14(2,3)4)15-13(17)20-10-7-19-12-9(10)5-6-18-12/h9-12H,5-7H2,1-4H3,(H,15,17). The zero-order valence-corrected chi connectivity index (χ0v) is 12.5. The van der Waals surface area contributed by atoms with Gasteiger partial charge in [-0.2, -0.15) is 0 Å². The number of rotatable bonds is 3. The molecule has 0 radical (unpaired) electrons. The average Bonchev–Trinajstić information content (AvgIpc) is 2.89. The van der Waals surface area contributed by atoms with Crippen LogP contribution in [0, 0.1) is 11.3 Å². The van der Waals surface area contributed by atoms with Gasteiger partial charge in [-0.15, -0.1) is 0 Å². The van der Waals surface area contributed by atoms with Gasteiger partial charge in [0.1, 0.15) is 6.10 Å². The number of ether oxygens (including phenoxy) is 3. The van der Waals surface area contributed by atoms with Crippen LogP contribution < -0.4 is 5.32 Å². The lowest BCUT2D eigenvalue weighted by atomic mass is 9.85. The van der Waals surface area contributed by atoms with Crippen molar-refractivity contribution in [1.82, 2.24) is 5.32 Å². The van der Waals surface area contributed by atoms with E-state index in [4.69, 9.17) is 14.2 Å². The van der Waals surface area contributed by atoms with Crippen LogP contribution in [0.3, 0.4) is 0 Å². The van der Waals surface area contributed by atoms with E-state index in [2.05, 4.69) is 5.32 Å². The minimum absolute atomic E-state index is 0.0841. The molecule has 4 atom stereocenters. The van der Waals surface area contributed by atoms with Crippen LogP contribution in [0.2, 0.25) is 0 Å². The highest BCUT2D eigenvalue weighted by atomic mass is 16.7. The predicted octanol–water partition coefficient (Wildman–Crippen LogP) is 1.48. The number of Topliss-reactive ketones (excluding diaryl/α,β-unsaturated/α-hetero) is 1. The van der Waals surface area contributed by atoms with Gasteiger partial charge in [0.05, 0.1) is 25.2 Å². The Labute approximate surface area is 119 Å². The van der Waals surface area contributed by atoms with Gasteiger partial charge in [-0.25, -0.2) is 4.79 Å². The molecule has 1 N–H and O–H groups in total. The highest BCUT2D eigenvalue weighted by Gasteiger charge is 2.44. The number of carbonyl (C=O) groups excluding carboxylic acids is 2. The van der Waals surface area contributed by atoms with E-state index in [0.717, 1.165) is 6.42 Å². The van der Waals surface area contributed by atoms with Crippen molar-refractivity contribution in [2.75, 3.05) is 13.2 Å². The monoisotopic (exact) mass is 285 g/mol. The first kappa shape index (κ1) is 15.3. The highest BCUT2D eigenvalue weighted by Crippen LogP contribution is 2.33. The quantitative estimate of drug-likeness (QED) is 0.850. The Bertz CT molecular complexity index is 390. The molecular formula is C14H23NO5. The molecule has 0 bridgehead atoms. The molecule has 4 unspecified atom stereocenters. The molecule has 0 aromatic carbocycles.